The topological polar surface area (TPSA) is 121 Å². The van der Waals surface area contributed by atoms with Crippen LogP contribution < -0.4 is 4.90 Å². The SMILES string of the molecule is C[C@@H](C(=O)O)N(Cc1ccc([N+](=O)[O-])cc1)S(=O)(=O)c1cccc2c(N(C)C)cccc12. The maximum atomic E-state index is 13.7. The highest BCUT2D eigenvalue weighted by atomic mass is 32.2. The molecule has 168 valence electrons. The van der Waals surface area contributed by atoms with Crippen LogP contribution in [0.1, 0.15) is 12.5 Å². The Morgan fingerprint density at radius 2 is 1.62 bits per heavy atom. The van der Waals surface area contributed by atoms with E-state index in [2.05, 4.69) is 0 Å². The van der Waals surface area contributed by atoms with Crippen LogP contribution in [0.15, 0.2) is 65.6 Å². The van der Waals surface area contributed by atoms with Crippen molar-refractivity contribution in [3.63, 3.8) is 0 Å². The average molecular weight is 458 g/mol. The molecule has 0 bridgehead atoms. The number of nitrogens with zero attached hydrogens (tertiary/aromatic N) is 3. The molecule has 1 N–H and O–H groups in total. The predicted octanol–water partition coefficient (Wildman–Crippen LogP) is 3.48. The number of anilines is 1. The molecule has 9 nitrogen and oxygen atoms in total. The van der Waals surface area contributed by atoms with Crippen molar-refractivity contribution in [2.24, 2.45) is 0 Å². The number of hydrogen-bond donors (Lipinski definition) is 1. The molecule has 0 saturated carbocycles. The first-order chi connectivity index (χ1) is 15.0. The van der Waals surface area contributed by atoms with Gasteiger partial charge < -0.3 is 10.0 Å². The van der Waals surface area contributed by atoms with Crippen LogP contribution in [0, 0.1) is 10.1 Å². The molecule has 0 spiro atoms. The number of sulfonamides is 1. The Kier molecular flexibility index (Phi) is 6.47. The van der Waals surface area contributed by atoms with E-state index in [1.165, 1.54) is 37.3 Å². The molecule has 32 heavy (non-hydrogen) atoms. The minimum atomic E-state index is -4.24. The fraction of sp³-hybridized carbons (Fsp3) is 0.227. The summed E-state index contributed by atoms with van der Waals surface area (Å²) in [5, 5.41) is 21.7. The lowest BCUT2D eigenvalue weighted by Gasteiger charge is -2.27. The van der Waals surface area contributed by atoms with Crippen LogP contribution in [0.4, 0.5) is 11.4 Å². The normalized spacial score (nSPS) is 12.6. The lowest BCUT2D eigenvalue weighted by molar-refractivity contribution is -0.384. The molecule has 3 aromatic rings. The first-order valence-corrected chi connectivity index (χ1v) is 11.1. The minimum Gasteiger partial charge on any atom is -0.480 e. The summed E-state index contributed by atoms with van der Waals surface area (Å²) in [6.45, 7) is 1.04. The van der Waals surface area contributed by atoms with Crippen LogP contribution in [0.25, 0.3) is 10.8 Å². The van der Waals surface area contributed by atoms with Gasteiger partial charge in [-0.2, -0.15) is 4.31 Å². The summed E-state index contributed by atoms with van der Waals surface area (Å²) in [5.41, 5.74) is 1.12. The van der Waals surface area contributed by atoms with E-state index in [0.29, 0.717) is 10.9 Å². The van der Waals surface area contributed by atoms with E-state index in [1.54, 1.807) is 18.2 Å². The van der Waals surface area contributed by atoms with Crippen molar-refractivity contribution >= 4 is 38.1 Å². The molecule has 0 fully saturated rings. The van der Waals surface area contributed by atoms with Gasteiger partial charge in [0, 0.05) is 49.2 Å². The van der Waals surface area contributed by atoms with Crippen molar-refractivity contribution in [2.75, 3.05) is 19.0 Å². The van der Waals surface area contributed by atoms with Gasteiger partial charge in [0.1, 0.15) is 6.04 Å². The molecule has 0 radical (unpaired) electrons. The van der Waals surface area contributed by atoms with Crippen molar-refractivity contribution in [3.8, 4) is 0 Å². The monoisotopic (exact) mass is 457 g/mol. The standard InChI is InChI=1S/C22H23N3O6S/c1-15(22(26)27)24(14-16-10-12-17(13-11-16)25(28)29)32(30,31)21-9-5-6-18-19(21)7-4-8-20(18)23(2)3/h4-13,15H,14H2,1-3H3,(H,26,27)/t15-/m0/s1. The number of nitro groups is 1. The fourth-order valence-corrected chi connectivity index (χ4v) is 5.25. The molecule has 3 rings (SSSR count). The quantitative estimate of drug-likeness (QED) is 0.406. The number of hydrogen-bond acceptors (Lipinski definition) is 6. The highest BCUT2D eigenvalue weighted by Crippen LogP contribution is 2.33. The van der Waals surface area contributed by atoms with E-state index in [0.717, 1.165) is 15.4 Å². The number of nitro benzene ring substituents is 1. The number of carboxylic acids is 1. The first kappa shape index (κ1) is 23.2. The second kappa shape index (κ2) is 8.93. The second-order valence-electron chi connectivity index (χ2n) is 7.51. The molecule has 10 heteroatoms. The van der Waals surface area contributed by atoms with Crippen LogP contribution in [0.5, 0.6) is 0 Å². The summed E-state index contributed by atoms with van der Waals surface area (Å²) in [4.78, 5) is 24.0. The van der Waals surface area contributed by atoms with Crippen LogP contribution in [-0.4, -0.2) is 48.9 Å². The molecule has 0 aliphatic rings. The van der Waals surface area contributed by atoms with Gasteiger partial charge in [-0.15, -0.1) is 0 Å². The summed E-state index contributed by atoms with van der Waals surface area (Å²) in [6.07, 6.45) is 0. The zero-order chi connectivity index (χ0) is 23.6. The fourth-order valence-electron chi connectivity index (χ4n) is 3.46. The van der Waals surface area contributed by atoms with Crippen LogP contribution in [0.3, 0.4) is 0 Å². The zero-order valence-corrected chi connectivity index (χ0v) is 18.6. The van der Waals surface area contributed by atoms with E-state index in [4.69, 9.17) is 0 Å². The Morgan fingerprint density at radius 3 is 2.19 bits per heavy atom. The van der Waals surface area contributed by atoms with Gasteiger partial charge >= 0.3 is 5.97 Å². The first-order valence-electron chi connectivity index (χ1n) is 9.71. The third-order valence-electron chi connectivity index (χ3n) is 5.20. The number of aliphatic carboxylic acids is 1. The average Bonchev–Trinajstić information content (AvgIpc) is 2.76. The summed E-state index contributed by atoms with van der Waals surface area (Å²) in [5.74, 6) is -1.30. The summed E-state index contributed by atoms with van der Waals surface area (Å²) >= 11 is 0. The zero-order valence-electron chi connectivity index (χ0n) is 17.8. The lowest BCUT2D eigenvalue weighted by Crippen LogP contribution is -2.42. The number of carboxylic acid groups (broad SMARTS) is 1. The van der Waals surface area contributed by atoms with Gasteiger partial charge in [-0.25, -0.2) is 8.42 Å². The number of benzene rings is 3. The molecule has 0 saturated heterocycles. The second-order valence-corrected chi connectivity index (χ2v) is 9.37. The predicted molar refractivity (Wildman–Crippen MR) is 121 cm³/mol. The van der Waals surface area contributed by atoms with Gasteiger partial charge in [0.15, 0.2) is 0 Å². The van der Waals surface area contributed by atoms with Crippen molar-refractivity contribution < 1.29 is 23.2 Å². The van der Waals surface area contributed by atoms with Gasteiger partial charge in [0.2, 0.25) is 10.0 Å². The van der Waals surface area contributed by atoms with Crippen molar-refractivity contribution in [2.45, 2.75) is 24.4 Å². The molecule has 0 heterocycles. The van der Waals surface area contributed by atoms with Gasteiger partial charge in [-0.05, 0) is 24.6 Å². The molecule has 0 unspecified atom stereocenters. The minimum absolute atomic E-state index is 0.00582. The van der Waals surface area contributed by atoms with E-state index in [-0.39, 0.29) is 17.1 Å². The Balaban J connectivity index is 2.13. The van der Waals surface area contributed by atoms with E-state index in [1.807, 2.05) is 31.1 Å². The van der Waals surface area contributed by atoms with Gasteiger partial charge in [-0.1, -0.05) is 36.4 Å². The molecule has 0 amide bonds. The van der Waals surface area contributed by atoms with Crippen LogP contribution in [-0.2, 0) is 21.4 Å². The van der Waals surface area contributed by atoms with Crippen LogP contribution >= 0.6 is 0 Å². The maximum absolute atomic E-state index is 13.7. The van der Waals surface area contributed by atoms with Crippen LogP contribution in [0.2, 0.25) is 0 Å². The van der Waals surface area contributed by atoms with Gasteiger partial charge in [-0.3, -0.25) is 14.9 Å². The summed E-state index contributed by atoms with van der Waals surface area (Å²) in [7, 11) is -0.538. The van der Waals surface area contributed by atoms with Gasteiger partial charge in [0.05, 0.1) is 9.82 Å². The van der Waals surface area contributed by atoms with Crippen molar-refractivity contribution in [1.29, 1.82) is 0 Å². The summed E-state index contributed by atoms with van der Waals surface area (Å²) < 4.78 is 28.3. The maximum Gasteiger partial charge on any atom is 0.321 e. The molecular formula is C22H23N3O6S. The highest BCUT2D eigenvalue weighted by molar-refractivity contribution is 7.89. The third-order valence-corrected chi connectivity index (χ3v) is 7.18. The molecular weight excluding hydrogens is 434 g/mol. The summed E-state index contributed by atoms with van der Waals surface area (Å²) in [6, 6.07) is 14.2. The molecule has 3 aromatic carbocycles. The molecule has 0 aromatic heterocycles. The molecule has 0 aliphatic heterocycles. The number of rotatable bonds is 8. The lowest BCUT2D eigenvalue weighted by atomic mass is 10.1. The van der Waals surface area contributed by atoms with E-state index in [9.17, 15) is 28.4 Å². The van der Waals surface area contributed by atoms with Gasteiger partial charge in [0.25, 0.3) is 5.69 Å². The Morgan fingerprint density at radius 1 is 1.03 bits per heavy atom. The number of non-ortho nitro benzene ring substituents is 1. The Labute approximate surface area is 185 Å². The smallest absolute Gasteiger partial charge is 0.321 e. The van der Waals surface area contributed by atoms with E-state index >= 15 is 0 Å². The van der Waals surface area contributed by atoms with Crippen molar-refractivity contribution in [3.05, 3.63) is 76.3 Å². The Hall–Kier alpha value is -3.50. The number of carbonyl (C=O) groups is 1. The number of fused-ring (bicyclic) bond motifs is 1. The van der Waals surface area contributed by atoms with Crippen molar-refractivity contribution in [1.82, 2.24) is 4.31 Å². The molecule has 1 atom stereocenters. The Bertz CT molecular complexity index is 1270. The highest BCUT2D eigenvalue weighted by Gasteiger charge is 2.34. The largest absolute Gasteiger partial charge is 0.480 e. The molecule has 0 aliphatic carbocycles. The van der Waals surface area contributed by atoms with E-state index < -0.39 is 27.0 Å². The third kappa shape index (κ3) is 4.41.